The molecular weight excluding hydrogens is 244 g/mol. The van der Waals surface area contributed by atoms with E-state index in [9.17, 15) is 0 Å². The van der Waals surface area contributed by atoms with Gasteiger partial charge >= 0.3 is 0 Å². The van der Waals surface area contributed by atoms with E-state index in [2.05, 4.69) is 61.3 Å². The van der Waals surface area contributed by atoms with Crippen LogP contribution in [0, 0.1) is 13.8 Å². The monoisotopic (exact) mass is 262 g/mol. The van der Waals surface area contributed by atoms with Gasteiger partial charge in [0, 0.05) is 12.0 Å². The number of fused-ring (bicyclic) bond motifs is 1. The zero-order valence-electron chi connectivity index (χ0n) is 11.9. The summed E-state index contributed by atoms with van der Waals surface area (Å²) in [6.07, 6.45) is 1.02. The molecule has 0 spiro atoms. The first kappa shape index (κ1) is 11.7. The molecule has 100 valence electrons. The fourth-order valence-electron chi connectivity index (χ4n) is 3.20. The highest BCUT2D eigenvalue weighted by molar-refractivity contribution is 6.11. The lowest BCUT2D eigenvalue weighted by molar-refractivity contribution is 0.550. The average molecular weight is 262 g/mol. The van der Waals surface area contributed by atoms with Gasteiger partial charge in [0.15, 0.2) is 0 Å². The lowest BCUT2D eigenvalue weighted by Gasteiger charge is -2.24. The van der Waals surface area contributed by atoms with Gasteiger partial charge in [-0.2, -0.15) is 5.10 Å². The second kappa shape index (κ2) is 4.20. The minimum absolute atomic E-state index is 0.485. The Morgan fingerprint density at radius 3 is 2.65 bits per heavy atom. The van der Waals surface area contributed by atoms with Gasteiger partial charge in [-0.25, -0.2) is 0 Å². The van der Waals surface area contributed by atoms with E-state index in [1.807, 2.05) is 0 Å². The molecule has 2 nitrogen and oxygen atoms in total. The van der Waals surface area contributed by atoms with Gasteiger partial charge in [0.05, 0.1) is 18.3 Å². The van der Waals surface area contributed by atoms with E-state index in [0.29, 0.717) is 6.04 Å². The highest BCUT2D eigenvalue weighted by atomic mass is 15.6. The first-order valence-corrected chi connectivity index (χ1v) is 7.22. The van der Waals surface area contributed by atoms with Gasteiger partial charge in [-0.15, -0.1) is 0 Å². The van der Waals surface area contributed by atoms with Crippen LogP contribution in [0.3, 0.4) is 0 Å². The van der Waals surface area contributed by atoms with Crippen LogP contribution in [0.4, 0.5) is 0 Å². The maximum Gasteiger partial charge on any atom is 0.0913 e. The van der Waals surface area contributed by atoms with Crippen LogP contribution in [0.5, 0.6) is 0 Å². The molecule has 1 aliphatic carbocycles. The Kier molecular flexibility index (Phi) is 2.46. The third-order valence-corrected chi connectivity index (χ3v) is 4.23. The van der Waals surface area contributed by atoms with Gasteiger partial charge in [0.25, 0.3) is 0 Å². The summed E-state index contributed by atoms with van der Waals surface area (Å²) in [5.41, 5.74) is 8.19. The maximum absolute atomic E-state index is 4.83. The van der Waals surface area contributed by atoms with E-state index in [1.54, 1.807) is 0 Å². The molecule has 2 aliphatic rings. The maximum atomic E-state index is 4.83. The molecule has 1 saturated heterocycles. The normalized spacial score (nSPS) is 21.6. The summed E-state index contributed by atoms with van der Waals surface area (Å²) in [5.74, 6) is 0. The minimum Gasteiger partial charge on any atom is -0.285 e. The molecule has 0 amide bonds. The SMILES string of the molecule is Cc1cc(C)c2c(c1)C/C2=N\N1CC1c1ccccc1. The van der Waals surface area contributed by atoms with Gasteiger partial charge in [-0.1, -0.05) is 48.0 Å². The Labute approximate surface area is 119 Å². The zero-order valence-corrected chi connectivity index (χ0v) is 11.9. The number of hydrazone groups is 1. The molecule has 0 radical (unpaired) electrons. The van der Waals surface area contributed by atoms with Crippen LogP contribution in [0.25, 0.3) is 0 Å². The van der Waals surface area contributed by atoms with Gasteiger partial charge in [0.2, 0.25) is 0 Å². The number of aryl methyl sites for hydroxylation is 2. The molecule has 0 aromatic heterocycles. The van der Waals surface area contributed by atoms with Crippen molar-refractivity contribution in [2.45, 2.75) is 26.3 Å². The molecule has 0 bridgehead atoms. The number of rotatable bonds is 2. The van der Waals surface area contributed by atoms with Crippen LogP contribution in [0.15, 0.2) is 47.6 Å². The number of benzene rings is 2. The molecule has 2 aromatic carbocycles. The first-order valence-electron chi connectivity index (χ1n) is 7.22. The Balaban J connectivity index is 1.57. The third kappa shape index (κ3) is 1.83. The van der Waals surface area contributed by atoms with Crippen molar-refractivity contribution in [3.63, 3.8) is 0 Å². The minimum atomic E-state index is 0.485. The molecule has 2 heteroatoms. The van der Waals surface area contributed by atoms with Gasteiger partial charge in [0.1, 0.15) is 0 Å². The summed E-state index contributed by atoms with van der Waals surface area (Å²) in [6.45, 7) is 5.41. The molecule has 0 N–H and O–H groups in total. The second-order valence-electron chi connectivity index (χ2n) is 5.89. The Bertz CT molecular complexity index is 684. The van der Waals surface area contributed by atoms with Crippen molar-refractivity contribution >= 4 is 5.71 Å². The van der Waals surface area contributed by atoms with Crippen LogP contribution in [-0.4, -0.2) is 17.3 Å². The standard InChI is InChI=1S/C18H18N2/c1-12-8-13(2)18-15(9-12)10-16(18)19-20-11-17(20)14-6-4-3-5-7-14/h3-9,17H,10-11H2,1-2H3/b19-16+. The van der Waals surface area contributed by atoms with Crippen molar-refractivity contribution in [1.82, 2.24) is 5.01 Å². The van der Waals surface area contributed by atoms with Crippen molar-refractivity contribution in [2.24, 2.45) is 5.10 Å². The van der Waals surface area contributed by atoms with Crippen LogP contribution < -0.4 is 0 Å². The average Bonchev–Trinajstić information content (AvgIpc) is 3.16. The summed E-state index contributed by atoms with van der Waals surface area (Å²) in [7, 11) is 0. The molecule has 0 saturated carbocycles. The highest BCUT2D eigenvalue weighted by Gasteiger charge is 2.36. The number of hydrogen-bond donors (Lipinski definition) is 0. The van der Waals surface area contributed by atoms with Crippen molar-refractivity contribution in [3.8, 4) is 0 Å². The predicted molar refractivity (Wildman–Crippen MR) is 82.0 cm³/mol. The third-order valence-electron chi connectivity index (χ3n) is 4.23. The molecule has 1 aliphatic heterocycles. The molecule has 1 unspecified atom stereocenters. The summed E-state index contributed by atoms with van der Waals surface area (Å²) >= 11 is 0. The van der Waals surface area contributed by atoms with Gasteiger partial charge in [-0.05, 0) is 30.5 Å². The molecule has 20 heavy (non-hydrogen) atoms. The second-order valence-corrected chi connectivity index (χ2v) is 5.89. The molecule has 1 atom stereocenters. The molecule has 4 rings (SSSR count). The predicted octanol–water partition coefficient (Wildman–Crippen LogP) is 3.62. The quantitative estimate of drug-likeness (QED) is 0.755. The van der Waals surface area contributed by atoms with Gasteiger partial charge < -0.3 is 0 Å². The summed E-state index contributed by atoms with van der Waals surface area (Å²) in [4.78, 5) is 0. The summed E-state index contributed by atoms with van der Waals surface area (Å²) < 4.78 is 0. The van der Waals surface area contributed by atoms with Crippen LogP contribution in [0.2, 0.25) is 0 Å². The van der Waals surface area contributed by atoms with E-state index in [-0.39, 0.29) is 0 Å². The molecule has 1 fully saturated rings. The van der Waals surface area contributed by atoms with E-state index >= 15 is 0 Å². The number of hydrogen-bond acceptors (Lipinski definition) is 2. The van der Waals surface area contributed by atoms with Crippen molar-refractivity contribution < 1.29 is 0 Å². The van der Waals surface area contributed by atoms with Gasteiger partial charge in [-0.3, -0.25) is 5.01 Å². The summed E-state index contributed by atoms with van der Waals surface area (Å²) in [5, 5.41) is 7.03. The van der Waals surface area contributed by atoms with E-state index in [0.717, 1.165) is 13.0 Å². The summed E-state index contributed by atoms with van der Waals surface area (Å²) in [6, 6.07) is 15.7. The van der Waals surface area contributed by atoms with E-state index < -0.39 is 0 Å². The first-order chi connectivity index (χ1) is 9.72. The lowest BCUT2D eigenvalue weighted by Crippen LogP contribution is -2.23. The molecule has 2 aromatic rings. The Morgan fingerprint density at radius 1 is 1.10 bits per heavy atom. The number of nitrogens with zero attached hydrogens (tertiary/aromatic N) is 2. The lowest BCUT2D eigenvalue weighted by atomic mass is 9.82. The van der Waals surface area contributed by atoms with Crippen LogP contribution in [-0.2, 0) is 6.42 Å². The fraction of sp³-hybridized carbons (Fsp3) is 0.278. The van der Waals surface area contributed by atoms with Crippen molar-refractivity contribution in [2.75, 3.05) is 6.54 Å². The van der Waals surface area contributed by atoms with Crippen molar-refractivity contribution in [3.05, 3.63) is 70.3 Å². The Morgan fingerprint density at radius 2 is 1.90 bits per heavy atom. The smallest absolute Gasteiger partial charge is 0.0913 e. The van der Waals surface area contributed by atoms with E-state index in [1.165, 1.54) is 33.5 Å². The zero-order chi connectivity index (χ0) is 13.7. The highest BCUT2D eigenvalue weighted by Crippen LogP contribution is 2.37. The van der Waals surface area contributed by atoms with Crippen LogP contribution in [0.1, 0.15) is 33.9 Å². The topological polar surface area (TPSA) is 15.4 Å². The molecular formula is C18H18N2. The van der Waals surface area contributed by atoms with Crippen LogP contribution >= 0.6 is 0 Å². The molecule has 1 heterocycles. The Hall–Kier alpha value is -2.09. The van der Waals surface area contributed by atoms with E-state index in [4.69, 9.17) is 5.10 Å². The largest absolute Gasteiger partial charge is 0.285 e. The van der Waals surface area contributed by atoms with Crippen molar-refractivity contribution in [1.29, 1.82) is 0 Å². The fourth-order valence-corrected chi connectivity index (χ4v) is 3.20.